The summed E-state index contributed by atoms with van der Waals surface area (Å²) in [4.78, 5) is 34.1. The van der Waals surface area contributed by atoms with E-state index < -0.39 is 5.41 Å². The number of rotatable bonds is 4. The molecule has 2 aliphatic heterocycles. The fraction of sp³-hybridized carbons (Fsp3) is 0.650. The van der Waals surface area contributed by atoms with Crippen molar-refractivity contribution in [1.29, 1.82) is 0 Å². The number of carbonyl (C=O) groups is 2. The van der Waals surface area contributed by atoms with Gasteiger partial charge in [0.2, 0.25) is 17.7 Å². The first kappa shape index (κ1) is 18.3. The van der Waals surface area contributed by atoms with Gasteiger partial charge < -0.3 is 18.8 Å². The normalized spacial score (nSPS) is 26.2. The van der Waals surface area contributed by atoms with E-state index in [0.717, 1.165) is 24.1 Å². The third kappa shape index (κ3) is 2.94. The van der Waals surface area contributed by atoms with Gasteiger partial charge in [-0.15, -0.1) is 0 Å². The van der Waals surface area contributed by atoms with E-state index >= 15 is 0 Å². The summed E-state index contributed by atoms with van der Waals surface area (Å²) < 4.78 is 10.8. The van der Waals surface area contributed by atoms with E-state index in [1.54, 1.807) is 6.92 Å². The van der Waals surface area contributed by atoms with Gasteiger partial charge in [-0.25, -0.2) is 0 Å². The van der Waals surface area contributed by atoms with Gasteiger partial charge in [-0.3, -0.25) is 9.59 Å². The summed E-state index contributed by atoms with van der Waals surface area (Å²) in [6.07, 6.45) is 2.22. The number of aryl methyl sites for hydroxylation is 3. The largest absolute Gasteiger partial charge is 0.361 e. The molecule has 0 bridgehead atoms. The number of hydrogen-bond acceptors (Lipinski definition) is 7. The molecule has 0 spiro atoms. The van der Waals surface area contributed by atoms with Crippen LogP contribution in [0.5, 0.6) is 0 Å². The Hall–Kier alpha value is -2.71. The second-order valence-electron chi connectivity index (χ2n) is 8.75. The van der Waals surface area contributed by atoms with Gasteiger partial charge in [0.25, 0.3) is 0 Å². The molecular weight excluding hydrogens is 374 g/mol. The molecule has 5 rings (SSSR count). The maximum Gasteiger partial charge on any atom is 0.236 e. The van der Waals surface area contributed by atoms with Gasteiger partial charge >= 0.3 is 0 Å². The van der Waals surface area contributed by atoms with Crippen molar-refractivity contribution >= 4 is 11.8 Å². The number of likely N-dealkylation sites (tertiary alicyclic amines) is 2. The molecule has 1 saturated carbocycles. The van der Waals surface area contributed by atoms with Crippen LogP contribution in [0.1, 0.15) is 41.6 Å². The molecule has 3 fully saturated rings. The van der Waals surface area contributed by atoms with E-state index in [4.69, 9.17) is 9.05 Å². The highest BCUT2D eigenvalue weighted by molar-refractivity contribution is 5.82. The van der Waals surface area contributed by atoms with Gasteiger partial charge in [0.1, 0.15) is 5.76 Å². The lowest BCUT2D eigenvalue weighted by molar-refractivity contribution is -0.132. The van der Waals surface area contributed by atoms with Gasteiger partial charge in [-0.05, 0) is 33.6 Å². The van der Waals surface area contributed by atoms with Gasteiger partial charge in [0.15, 0.2) is 5.82 Å². The highest BCUT2D eigenvalue weighted by Crippen LogP contribution is 2.46. The molecule has 3 aliphatic rings. The molecule has 0 unspecified atom stereocenters. The van der Waals surface area contributed by atoms with Crippen molar-refractivity contribution in [3.8, 4) is 0 Å². The van der Waals surface area contributed by atoms with Crippen molar-refractivity contribution in [3.63, 3.8) is 0 Å². The van der Waals surface area contributed by atoms with Crippen LogP contribution in [0.25, 0.3) is 0 Å². The summed E-state index contributed by atoms with van der Waals surface area (Å²) in [5.74, 6) is 2.32. The Morgan fingerprint density at radius 2 is 1.79 bits per heavy atom. The maximum absolute atomic E-state index is 13.1. The molecule has 9 heteroatoms. The Morgan fingerprint density at radius 3 is 2.41 bits per heavy atom. The van der Waals surface area contributed by atoms with E-state index in [1.807, 2.05) is 23.6 Å². The summed E-state index contributed by atoms with van der Waals surface area (Å²) in [6, 6.07) is 0. The van der Waals surface area contributed by atoms with Crippen molar-refractivity contribution in [2.75, 3.05) is 26.2 Å². The second-order valence-corrected chi connectivity index (χ2v) is 8.75. The third-order valence-electron chi connectivity index (χ3n) is 6.66. The molecule has 0 radical (unpaired) electrons. The number of aromatic nitrogens is 3. The van der Waals surface area contributed by atoms with Crippen LogP contribution in [0.3, 0.4) is 0 Å². The van der Waals surface area contributed by atoms with Crippen molar-refractivity contribution in [2.24, 2.45) is 11.8 Å². The first-order valence-electron chi connectivity index (χ1n) is 10.2. The Labute approximate surface area is 168 Å². The van der Waals surface area contributed by atoms with Crippen LogP contribution >= 0.6 is 0 Å². The summed E-state index contributed by atoms with van der Waals surface area (Å²) >= 11 is 0. The number of fused-ring (bicyclic) bond motifs is 1. The summed E-state index contributed by atoms with van der Waals surface area (Å²) in [7, 11) is 0. The predicted octanol–water partition coefficient (Wildman–Crippen LogP) is 1.17. The van der Waals surface area contributed by atoms with Gasteiger partial charge in [0.05, 0.1) is 17.5 Å². The van der Waals surface area contributed by atoms with E-state index in [9.17, 15) is 9.59 Å². The van der Waals surface area contributed by atoms with Crippen LogP contribution in [0.2, 0.25) is 0 Å². The zero-order valence-corrected chi connectivity index (χ0v) is 17.0. The molecule has 29 heavy (non-hydrogen) atoms. The van der Waals surface area contributed by atoms with Gasteiger partial charge in [-0.2, -0.15) is 4.98 Å². The summed E-state index contributed by atoms with van der Waals surface area (Å²) in [5.41, 5.74) is 1.11. The molecule has 9 nitrogen and oxygen atoms in total. The number of nitrogens with zero attached hydrogens (tertiary/aromatic N) is 5. The lowest BCUT2D eigenvalue weighted by Crippen LogP contribution is -2.42. The molecule has 2 saturated heterocycles. The van der Waals surface area contributed by atoms with Gasteiger partial charge in [-0.1, -0.05) is 10.3 Å². The quantitative estimate of drug-likeness (QED) is 0.760. The van der Waals surface area contributed by atoms with E-state index in [2.05, 4.69) is 15.3 Å². The minimum absolute atomic E-state index is 0.0319. The first-order valence-corrected chi connectivity index (χ1v) is 10.2. The summed E-state index contributed by atoms with van der Waals surface area (Å²) in [6.45, 7) is 7.69. The number of hydrogen-bond donors (Lipinski definition) is 0. The van der Waals surface area contributed by atoms with E-state index in [1.165, 1.54) is 0 Å². The van der Waals surface area contributed by atoms with Crippen molar-refractivity contribution in [2.45, 2.75) is 45.4 Å². The topological polar surface area (TPSA) is 106 Å². The Morgan fingerprint density at radius 1 is 1.07 bits per heavy atom. The molecule has 1 aliphatic carbocycles. The molecule has 2 atom stereocenters. The number of carbonyl (C=O) groups excluding carboxylic acids is 2. The third-order valence-corrected chi connectivity index (χ3v) is 6.66. The molecule has 0 N–H and O–H groups in total. The van der Waals surface area contributed by atoms with Crippen LogP contribution < -0.4 is 0 Å². The van der Waals surface area contributed by atoms with E-state index in [-0.39, 0.29) is 30.1 Å². The van der Waals surface area contributed by atoms with Crippen LogP contribution in [0.15, 0.2) is 9.05 Å². The monoisotopic (exact) mass is 399 g/mol. The first-order chi connectivity index (χ1) is 13.9. The average molecular weight is 399 g/mol. The average Bonchev–Trinajstić information content (AvgIpc) is 3.01. The zero-order chi connectivity index (χ0) is 20.3. The van der Waals surface area contributed by atoms with Crippen LogP contribution in [0, 0.1) is 32.6 Å². The van der Waals surface area contributed by atoms with Crippen LogP contribution in [-0.2, 0) is 21.4 Å². The maximum atomic E-state index is 13.1. The van der Waals surface area contributed by atoms with Crippen molar-refractivity contribution in [3.05, 3.63) is 28.7 Å². The lowest BCUT2D eigenvalue weighted by Gasteiger charge is -2.26. The minimum atomic E-state index is -0.486. The molecule has 2 aromatic heterocycles. The highest BCUT2D eigenvalue weighted by Gasteiger charge is 2.59. The lowest BCUT2D eigenvalue weighted by atomic mass is 9.81. The molecule has 4 heterocycles. The standard InChI is InChI=1S/C20H25N5O4/c1-11-16(12(2)28-22-11)6-17(26)24-7-15-8-25(18(27)14-4-5-14)10-20(15,9-24)19-21-13(3)23-29-19/h14-15H,4-10H2,1-3H3/t15-,20-/m0/s1. The molecule has 0 aromatic carbocycles. The minimum Gasteiger partial charge on any atom is -0.361 e. The smallest absolute Gasteiger partial charge is 0.236 e. The van der Waals surface area contributed by atoms with E-state index in [0.29, 0.717) is 43.7 Å². The second kappa shape index (κ2) is 6.40. The Bertz CT molecular complexity index is 958. The molecule has 154 valence electrons. The SMILES string of the molecule is Cc1noc([C@]23CN(C(=O)Cc4c(C)noc4C)C[C@H]2CN(C(=O)C2CC2)C3)n1. The predicted molar refractivity (Wildman–Crippen MR) is 99.8 cm³/mol. The molecule has 2 aromatic rings. The summed E-state index contributed by atoms with van der Waals surface area (Å²) in [5, 5.41) is 7.92. The number of amides is 2. The highest BCUT2D eigenvalue weighted by atomic mass is 16.5. The fourth-order valence-electron chi connectivity index (χ4n) is 4.83. The van der Waals surface area contributed by atoms with Crippen LogP contribution in [-0.4, -0.2) is 63.1 Å². The van der Waals surface area contributed by atoms with Crippen LogP contribution in [0.4, 0.5) is 0 Å². The molecule has 2 amide bonds. The van der Waals surface area contributed by atoms with Gasteiger partial charge in [0, 0.05) is 43.6 Å². The molecular formula is C20H25N5O4. The van der Waals surface area contributed by atoms with Crippen molar-refractivity contribution in [1.82, 2.24) is 25.1 Å². The Kier molecular flexibility index (Phi) is 4.04. The van der Waals surface area contributed by atoms with Crippen molar-refractivity contribution < 1.29 is 18.6 Å². The zero-order valence-electron chi connectivity index (χ0n) is 17.0. The Balaban J connectivity index is 1.39. The fourth-order valence-corrected chi connectivity index (χ4v) is 4.83.